The number of anilines is 2. The van der Waals surface area contributed by atoms with Gasteiger partial charge in [-0.1, -0.05) is 6.92 Å². The molecule has 2 N–H and O–H groups in total. The number of aromatic hydroxyl groups is 1. The van der Waals surface area contributed by atoms with Gasteiger partial charge in [0, 0.05) is 48.2 Å². The van der Waals surface area contributed by atoms with Crippen LogP contribution in [0.2, 0.25) is 0 Å². The molecule has 1 fully saturated rings. The lowest BCUT2D eigenvalue weighted by Gasteiger charge is -2.36. The van der Waals surface area contributed by atoms with E-state index in [1.807, 2.05) is 36.5 Å². The van der Waals surface area contributed by atoms with E-state index < -0.39 is 0 Å². The molecule has 6 nitrogen and oxygen atoms in total. The van der Waals surface area contributed by atoms with E-state index in [0.29, 0.717) is 12.0 Å². The third kappa shape index (κ3) is 4.54. The number of aromatic nitrogens is 3. The van der Waals surface area contributed by atoms with Gasteiger partial charge in [-0.15, -0.1) is 0 Å². The fourth-order valence-corrected chi connectivity index (χ4v) is 3.90. The van der Waals surface area contributed by atoms with Gasteiger partial charge in [-0.2, -0.15) is 0 Å². The van der Waals surface area contributed by atoms with Gasteiger partial charge < -0.3 is 15.3 Å². The predicted molar refractivity (Wildman–Crippen MR) is 115 cm³/mol. The summed E-state index contributed by atoms with van der Waals surface area (Å²) in [6.45, 7) is 6.53. The van der Waals surface area contributed by atoms with Crippen LogP contribution in [-0.2, 0) is 0 Å². The molecule has 1 saturated heterocycles. The summed E-state index contributed by atoms with van der Waals surface area (Å²) in [6, 6.07) is 13.5. The zero-order chi connectivity index (χ0) is 20.2. The molecular weight excluding hydrogens is 362 g/mol. The van der Waals surface area contributed by atoms with E-state index in [9.17, 15) is 5.11 Å². The number of nitrogens with zero attached hydrogens (tertiary/aromatic N) is 4. The van der Waals surface area contributed by atoms with Crippen molar-refractivity contribution in [3.8, 4) is 17.0 Å². The first kappa shape index (κ1) is 19.3. The Balaban J connectivity index is 1.69. The van der Waals surface area contributed by atoms with Gasteiger partial charge in [0.1, 0.15) is 17.4 Å². The summed E-state index contributed by atoms with van der Waals surface area (Å²) in [4.78, 5) is 16.5. The monoisotopic (exact) mass is 389 g/mol. The minimum absolute atomic E-state index is 0.242. The van der Waals surface area contributed by atoms with Crippen LogP contribution >= 0.6 is 0 Å². The Labute approximate surface area is 171 Å². The number of rotatable bonds is 5. The largest absolute Gasteiger partial charge is 0.508 e. The maximum absolute atomic E-state index is 9.53. The van der Waals surface area contributed by atoms with Crippen LogP contribution in [0.4, 0.5) is 11.5 Å². The van der Waals surface area contributed by atoms with Crippen molar-refractivity contribution in [3.63, 3.8) is 0 Å². The lowest BCUT2D eigenvalue weighted by atomic mass is 9.92. The Hall–Kier alpha value is -2.99. The Kier molecular flexibility index (Phi) is 5.71. The topological polar surface area (TPSA) is 74.2 Å². The third-order valence-corrected chi connectivity index (χ3v) is 5.62. The summed E-state index contributed by atoms with van der Waals surface area (Å²) in [5, 5.41) is 12.9. The number of likely N-dealkylation sites (N-methyl/N-ethyl adjacent to an activating group) is 1. The Morgan fingerprint density at radius 2 is 1.97 bits per heavy atom. The highest BCUT2D eigenvalue weighted by atomic mass is 16.3. The van der Waals surface area contributed by atoms with Crippen molar-refractivity contribution in [2.75, 3.05) is 18.4 Å². The molecule has 2 aromatic heterocycles. The molecule has 2 atom stereocenters. The average Bonchev–Trinajstić information content (AvgIpc) is 2.76. The molecule has 3 heterocycles. The maximum Gasteiger partial charge on any atom is 0.135 e. The quantitative estimate of drug-likeness (QED) is 0.623. The van der Waals surface area contributed by atoms with Crippen LogP contribution in [0.5, 0.6) is 5.75 Å². The molecule has 0 spiro atoms. The molecule has 1 aliphatic rings. The predicted octanol–water partition coefficient (Wildman–Crippen LogP) is 4.58. The van der Waals surface area contributed by atoms with E-state index in [1.54, 1.807) is 18.3 Å². The van der Waals surface area contributed by atoms with Crippen LogP contribution in [-0.4, -0.2) is 44.1 Å². The van der Waals surface area contributed by atoms with Crippen LogP contribution in [0.25, 0.3) is 11.3 Å². The normalized spacial score (nSPS) is 19.8. The highest BCUT2D eigenvalue weighted by Crippen LogP contribution is 2.31. The summed E-state index contributed by atoms with van der Waals surface area (Å²) >= 11 is 0. The van der Waals surface area contributed by atoms with E-state index in [1.165, 1.54) is 0 Å². The van der Waals surface area contributed by atoms with Crippen molar-refractivity contribution in [2.45, 2.75) is 38.6 Å². The third-order valence-electron chi connectivity index (χ3n) is 5.62. The Bertz CT molecular complexity index is 945. The fraction of sp³-hybridized carbons (Fsp3) is 0.348. The molecule has 0 amide bonds. The van der Waals surface area contributed by atoms with Crippen molar-refractivity contribution in [3.05, 3.63) is 60.7 Å². The number of pyridine rings is 1. The van der Waals surface area contributed by atoms with Crippen LogP contribution in [0.15, 0.2) is 54.9 Å². The molecule has 0 unspecified atom stereocenters. The number of benzene rings is 1. The van der Waals surface area contributed by atoms with Gasteiger partial charge in [0.05, 0.1) is 5.69 Å². The number of phenolic OH excluding ortho intramolecular Hbond substituents is 1. The highest BCUT2D eigenvalue weighted by Gasteiger charge is 2.27. The molecule has 150 valence electrons. The molecule has 1 aliphatic heterocycles. The van der Waals surface area contributed by atoms with Crippen molar-refractivity contribution < 1.29 is 5.11 Å². The van der Waals surface area contributed by atoms with Gasteiger partial charge in [-0.3, -0.25) is 4.98 Å². The lowest BCUT2D eigenvalue weighted by molar-refractivity contribution is 0.149. The van der Waals surface area contributed by atoms with E-state index in [4.69, 9.17) is 9.97 Å². The van der Waals surface area contributed by atoms with Gasteiger partial charge in [0.15, 0.2) is 0 Å². The average molecular weight is 390 g/mol. The first-order valence-corrected chi connectivity index (χ1v) is 10.2. The number of hydrogen-bond acceptors (Lipinski definition) is 6. The molecule has 29 heavy (non-hydrogen) atoms. The summed E-state index contributed by atoms with van der Waals surface area (Å²) in [7, 11) is 0. The summed E-state index contributed by atoms with van der Waals surface area (Å²) in [5.74, 6) is 2.17. The standard InChI is InChI=1S/C23H27N5O/c1-3-28-15-18(7-6-16(28)2)23-26-21(17-5-4-12-24-14-17)13-22(27-23)25-19-8-10-20(29)11-9-19/h4-5,8-14,16,18,29H,3,6-7,15H2,1-2H3,(H,25,26,27)/t16-,18+/m0/s1. The summed E-state index contributed by atoms with van der Waals surface area (Å²) in [5.41, 5.74) is 2.71. The molecule has 0 radical (unpaired) electrons. The SMILES string of the molecule is CCN1C[C@H](c2nc(Nc3ccc(O)cc3)cc(-c3cccnc3)n2)CC[C@@H]1C. The summed E-state index contributed by atoms with van der Waals surface area (Å²) < 4.78 is 0. The molecular formula is C23H27N5O. The van der Waals surface area contributed by atoms with Crippen molar-refractivity contribution in [1.82, 2.24) is 19.9 Å². The second kappa shape index (κ2) is 8.57. The number of likely N-dealkylation sites (tertiary alicyclic amines) is 1. The molecule has 3 aromatic rings. The molecule has 4 rings (SSSR count). The van der Waals surface area contributed by atoms with Crippen LogP contribution in [0.1, 0.15) is 38.4 Å². The molecule has 0 aliphatic carbocycles. The first-order valence-electron chi connectivity index (χ1n) is 10.2. The number of hydrogen-bond donors (Lipinski definition) is 2. The minimum Gasteiger partial charge on any atom is -0.508 e. The number of phenols is 1. The molecule has 0 saturated carbocycles. The van der Waals surface area contributed by atoms with Gasteiger partial charge in [0.25, 0.3) is 0 Å². The minimum atomic E-state index is 0.242. The maximum atomic E-state index is 9.53. The van der Waals surface area contributed by atoms with Crippen LogP contribution in [0, 0.1) is 0 Å². The Morgan fingerprint density at radius 1 is 1.14 bits per heavy atom. The number of nitrogens with one attached hydrogen (secondary N) is 1. The van der Waals surface area contributed by atoms with E-state index in [2.05, 4.69) is 29.0 Å². The summed E-state index contributed by atoms with van der Waals surface area (Å²) in [6.07, 6.45) is 5.84. The molecule has 0 bridgehead atoms. The zero-order valence-corrected chi connectivity index (χ0v) is 16.9. The fourth-order valence-electron chi connectivity index (χ4n) is 3.90. The zero-order valence-electron chi connectivity index (χ0n) is 16.9. The van der Waals surface area contributed by atoms with E-state index in [0.717, 1.165) is 54.5 Å². The van der Waals surface area contributed by atoms with Crippen LogP contribution < -0.4 is 5.32 Å². The molecule has 1 aromatic carbocycles. The molecule has 6 heteroatoms. The van der Waals surface area contributed by atoms with Crippen molar-refractivity contribution in [1.29, 1.82) is 0 Å². The van der Waals surface area contributed by atoms with Gasteiger partial charge in [-0.25, -0.2) is 9.97 Å². The van der Waals surface area contributed by atoms with Gasteiger partial charge in [0.2, 0.25) is 0 Å². The van der Waals surface area contributed by atoms with Gasteiger partial charge in [-0.05, 0) is 62.7 Å². The van der Waals surface area contributed by atoms with Crippen LogP contribution in [0.3, 0.4) is 0 Å². The van der Waals surface area contributed by atoms with Crippen molar-refractivity contribution >= 4 is 11.5 Å². The highest BCUT2D eigenvalue weighted by molar-refractivity contribution is 5.65. The Morgan fingerprint density at radius 3 is 2.69 bits per heavy atom. The first-order chi connectivity index (χ1) is 14.1. The smallest absolute Gasteiger partial charge is 0.135 e. The second-order valence-electron chi connectivity index (χ2n) is 7.62. The van der Waals surface area contributed by atoms with E-state index >= 15 is 0 Å². The van der Waals surface area contributed by atoms with Crippen molar-refractivity contribution in [2.24, 2.45) is 0 Å². The number of piperidine rings is 1. The second-order valence-corrected chi connectivity index (χ2v) is 7.62. The van der Waals surface area contributed by atoms with E-state index in [-0.39, 0.29) is 5.75 Å². The lowest BCUT2D eigenvalue weighted by Crippen LogP contribution is -2.41. The van der Waals surface area contributed by atoms with Gasteiger partial charge >= 0.3 is 0 Å².